The third-order valence-corrected chi connectivity index (χ3v) is 5.97. The first-order valence-electron chi connectivity index (χ1n) is 7.26. The van der Waals surface area contributed by atoms with Crippen LogP contribution in [0.15, 0.2) is 12.2 Å². The number of ether oxygens (including phenoxy) is 1. The molecule has 6 bridgehead atoms. The molecule has 0 aromatic carbocycles. The molecule has 4 saturated carbocycles. The highest BCUT2D eigenvalue weighted by atomic mass is 16.5. The molecule has 1 heteroatoms. The average Bonchev–Trinajstić information content (AvgIpc) is 2.74. The Morgan fingerprint density at radius 1 is 1.12 bits per heavy atom. The van der Waals surface area contributed by atoms with Crippen molar-refractivity contribution in [1.82, 2.24) is 0 Å². The maximum Gasteiger partial charge on any atom is 0.0652 e. The topological polar surface area (TPSA) is 9.23 Å². The van der Waals surface area contributed by atoms with Crippen molar-refractivity contribution < 1.29 is 4.74 Å². The second-order valence-electron chi connectivity index (χ2n) is 7.98. The van der Waals surface area contributed by atoms with Crippen LogP contribution in [0.1, 0.15) is 40.5 Å². The summed E-state index contributed by atoms with van der Waals surface area (Å²) in [5, 5.41) is 0. The van der Waals surface area contributed by atoms with Gasteiger partial charge in [0.2, 0.25) is 0 Å². The number of allylic oxidation sites excluding steroid dienone is 2. The summed E-state index contributed by atoms with van der Waals surface area (Å²) in [6, 6.07) is 0. The summed E-state index contributed by atoms with van der Waals surface area (Å²) in [5.41, 5.74) is 0.602. The Balaban J connectivity index is 1.68. The van der Waals surface area contributed by atoms with E-state index in [-0.39, 0.29) is 5.60 Å². The van der Waals surface area contributed by atoms with Gasteiger partial charge in [0.25, 0.3) is 0 Å². The highest BCUT2D eigenvalue weighted by molar-refractivity contribution is 5.31. The van der Waals surface area contributed by atoms with E-state index in [1.54, 1.807) is 0 Å². The van der Waals surface area contributed by atoms with Crippen LogP contribution >= 0.6 is 0 Å². The molecule has 0 heterocycles. The van der Waals surface area contributed by atoms with Gasteiger partial charge in [-0.3, -0.25) is 0 Å². The molecule has 0 aliphatic heterocycles. The Hall–Kier alpha value is -0.300. The molecule has 5 aliphatic carbocycles. The fourth-order valence-electron chi connectivity index (χ4n) is 5.75. The standard InChI is InChI=1S/C16H24O/c1-15(2,3)17-14-11-10-9-7-5-6-8-16(4,12(9)14)13(10)11/h5-6,9-14H,7-8H2,1-4H3/t9-,10+,11+,12-,13+,14-,16-/m1/s1. The van der Waals surface area contributed by atoms with Crippen LogP contribution in [0.2, 0.25) is 0 Å². The largest absolute Gasteiger partial charge is 0.372 e. The zero-order chi connectivity index (χ0) is 12.0. The summed E-state index contributed by atoms with van der Waals surface area (Å²) in [5.74, 6) is 4.71. The number of hydrogen-bond acceptors (Lipinski definition) is 1. The maximum absolute atomic E-state index is 6.44. The van der Waals surface area contributed by atoms with E-state index in [0.717, 1.165) is 29.6 Å². The van der Waals surface area contributed by atoms with E-state index in [9.17, 15) is 0 Å². The van der Waals surface area contributed by atoms with Crippen LogP contribution in [0.25, 0.3) is 0 Å². The third-order valence-electron chi connectivity index (χ3n) is 5.97. The molecule has 0 spiro atoms. The first-order chi connectivity index (χ1) is 7.93. The maximum atomic E-state index is 6.44. The summed E-state index contributed by atoms with van der Waals surface area (Å²) < 4.78 is 6.44. The summed E-state index contributed by atoms with van der Waals surface area (Å²) in [6.07, 6.45) is 8.07. The zero-order valence-electron chi connectivity index (χ0n) is 11.4. The Labute approximate surface area is 105 Å². The van der Waals surface area contributed by atoms with E-state index in [4.69, 9.17) is 4.74 Å². The lowest BCUT2D eigenvalue weighted by Crippen LogP contribution is -2.35. The fraction of sp³-hybridized carbons (Fsp3) is 0.875. The zero-order valence-corrected chi connectivity index (χ0v) is 11.4. The van der Waals surface area contributed by atoms with Crippen LogP contribution < -0.4 is 0 Å². The molecule has 1 nitrogen and oxygen atoms in total. The third kappa shape index (κ3) is 1.15. The molecule has 0 unspecified atom stereocenters. The minimum atomic E-state index is 0.0300. The van der Waals surface area contributed by atoms with Crippen molar-refractivity contribution in [1.29, 1.82) is 0 Å². The quantitative estimate of drug-likeness (QED) is 0.627. The molecule has 94 valence electrons. The minimum Gasteiger partial charge on any atom is -0.372 e. The first kappa shape index (κ1) is 10.6. The second kappa shape index (κ2) is 2.82. The van der Waals surface area contributed by atoms with E-state index in [0.29, 0.717) is 11.5 Å². The van der Waals surface area contributed by atoms with Crippen LogP contribution in [0, 0.1) is 35.0 Å². The predicted molar refractivity (Wildman–Crippen MR) is 68.6 cm³/mol. The van der Waals surface area contributed by atoms with Gasteiger partial charge < -0.3 is 4.74 Å². The van der Waals surface area contributed by atoms with Gasteiger partial charge >= 0.3 is 0 Å². The van der Waals surface area contributed by atoms with Crippen molar-refractivity contribution >= 4 is 0 Å². The lowest BCUT2D eigenvalue weighted by Gasteiger charge is -2.34. The minimum absolute atomic E-state index is 0.0300. The lowest BCUT2D eigenvalue weighted by atomic mass is 9.75. The SMILES string of the molecule is CC(C)(C)O[C@@H]1[C@H]2[C@@H]3[C@H]4CC=CC[C@@](C)([C@@H]32)[C@H]41. The molecule has 0 amide bonds. The van der Waals surface area contributed by atoms with Crippen molar-refractivity contribution in [3.63, 3.8) is 0 Å². The summed E-state index contributed by atoms with van der Waals surface area (Å²) >= 11 is 0. The van der Waals surface area contributed by atoms with Crippen LogP contribution in [0.3, 0.4) is 0 Å². The number of hydrogen-bond donors (Lipinski definition) is 0. The van der Waals surface area contributed by atoms with Crippen LogP contribution in [-0.2, 0) is 4.74 Å². The smallest absolute Gasteiger partial charge is 0.0652 e. The van der Waals surface area contributed by atoms with Crippen molar-refractivity contribution in [3.8, 4) is 0 Å². The molecular formula is C16H24O. The fourth-order valence-corrected chi connectivity index (χ4v) is 5.75. The van der Waals surface area contributed by atoms with Gasteiger partial charge in [0, 0.05) is 0 Å². The Morgan fingerprint density at radius 2 is 1.88 bits per heavy atom. The summed E-state index contributed by atoms with van der Waals surface area (Å²) in [4.78, 5) is 0. The van der Waals surface area contributed by atoms with E-state index in [1.165, 1.54) is 12.8 Å². The van der Waals surface area contributed by atoms with Crippen molar-refractivity contribution in [3.05, 3.63) is 12.2 Å². The molecule has 4 fully saturated rings. The van der Waals surface area contributed by atoms with Crippen molar-refractivity contribution in [2.75, 3.05) is 0 Å². The molecule has 17 heavy (non-hydrogen) atoms. The molecule has 5 aliphatic rings. The highest BCUT2D eigenvalue weighted by Gasteiger charge is 2.82. The molecule has 0 N–H and O–H groups in total. The number of rotatable bonds is 1. The van der Waals surface area contributed by atoms with E-state index in [1.807, 2.05) is 0 Å². The van der Waals surface area contributed by atoms with Gasteiger partial charge in [0.05, 0.1) is 11.7 Å². The molecule has 7 atom stereocenters. The van der Waals surface area contributed by atoms with Gasteiger partial charge in [-0.15, -0.1) is 0 Å². The Kier molecular flexibility index (Phi) is 1.76. The summed E-state index contributed by atoms with van der Waals surface area (Å²) in [7, 11) is 0. The van der Waals surface area contributed by atoms with E-state index in [2.05, 4.69) is 39.8 Å². The van der Waals surface area contributed by atoms with Gasteiger partial charge in [0.15, 0.2) is 0 Å². The monoisotopic (exact) mass is 232 g/mol. The van der Waals surface area contributed by atoms with Crippen LogP contribution in [0.4, 0.5) is 0 Å². The molecule has 0 radical (unpaired) electrons. The van der Waals surface area contributed by atoms with E-state index < -0.39 is 0 Å². The van der Waals surface area contributed by atoms with Crippen molar-refractivity contribution in [2.45, 2.75) is 52.2 Å². The predicted octanol–water partition coefficient (Wildman–Crippen LogP) is 3.65. The Bertz CT molecular complexity index is 391. The molecule has 0 saturated heterocycles. The van der Waals surface area contributed by atoms with Gasteiger partial charge in [-0.2, -0.15) is 0 Å². The summed E-state index contributed by atoms with van der Waals surface area (Å²) in [6.45, 7) is 9.18. The van der Waals surface area contributed by atoms with E-state index >= 15 is 0 Å². The molecular weight excluding hydrogens is 208 g/mol. The van der Waals surface area contributed by atoms with Gasteiger partial charge in [-0.1, -0.05) is 19.1 Å². The molecule has 0 aromatic rings. The molecule has 0 aromatic heterocycles. The second-order valence-corrected chi connectivity index (χ2v) is 7.98. The van der Waals surface area contributed by atoms with Crippen LogP contribution in [0.5, 0.6) is 0 Å². The molecule has 5 rings (SSSR count). The van der Waals surface area contributed by atoms with Gasteiger partial charge in [0.1, 0.15) is 0 Å². The van der Waals surface area contributed by atoms with Crippen LogP contribution in [-0.4, -0.2) is 11.7 Å². The lowest BCUT2D eigenvalue weighted by molar-refractivity contribution is -0.0893. The first-order valence-corrected chi connectivity index (χ1v) is 7.26. The van der Waals surface area contributed by atoms with Crippen molar-refractivity contribution in [2.24, 2.45) is 35.0 Å². The highest BCUT2D eigenvalue weighted by Crippen LogP contribution is 2.83. The average molecular weight is 232 g/mol. The van der Waals surface area contributed by atoms with Gasteiger partial charge in [-0.05, 0) is 68.6 Å². The van der Waals surface area contributed by atoms with Gasteiger partial charge in [-0.25, -0.2) is 0 Å². The normalized spacial score (nSPS) is 58.4. The Morgan fingerprint density at radius 3 is 2.59 bits per heavy atom.